The summed E-state index contributed by atoms with van der Waals surface area (Å²) in [5, 5.41) is 7.16. The summed E-state index contributed by atoms with van der Waals surface area (Å²) >= 11 is 0. The van der Waals surface area contributed by atoms with Crippen LogP contribution in [0.1, 0.15) is 0 Å². The van der Waals surface area contributed by atoms with Gasteiger partial charge in [0.2, 0.25) is 0 Å². The zero-order valence-corrected chi connectivity index (χ0v) is 30.7. The van der Waals surface area contributed by atoms with Gasteiger partial charge in [-0.05, 0) is 89.0 Å². The van der Waals surface area contributed by atoms with E-state index in [1.807, 2.05) is 60.7 Å². The van der Waals surface area contributed by atoms with Gasteiger partial charge in [0.1, 0.15) is 50.3 Å². The van der Waals surface area contributed by atoms with Crippen molar-refractivity contribution in [1.82, 2.24) is 9.97 Å². The lowest BCUT2D eigenvalue weighted by Gasteiger charge is -2.08. The van der Waals surface area contributed by atoms with Crippen molar-refractivity contribution in [2.75, 3.05) is 0 Å². The number of hydrogen-bond donors (Lipinski definition) is 0. The third-order valence-electron chi connectivity index (χ3n) is 11.5. The molecule has 0 saturated heterocycles. The molecule has 0 amide bonds. The van der Waals surface area contributed by atoms with Gasteiger partial charge in [0, 0.05) is 48.8 Å². The quantitative estimate of drug-likeness (QED) is 0.179. The summed E-state index contributed by atoms with van der Waals surface area (Å²) in [7, 11) is 0. The Hall–Kier alpha value is -7.96. The van der Waals surface area contributed by atoms with Crippen molar-refractivity contribution in [3.63, 3.8) is 0 Å². The maximum Gasteiger partial charge on any atom is 0.180 e. The first-order valence-corrected chi connectivity index (χ1v) is 19.3. The van der Waals surface area contributed by atoms with Crippen LogP contribution in [0.15, 0.2) is 188 Å². The molecule has 6 heteroatoms. The van der Waals surface area contributed by atoms with Crippen LogP contribution in [0.2, 0.25) is 0 Å². The lowest BCUT2D eigenvalue weighted by atomic mass is 9.99. The molecule has 0 aliphatic rings. The molecule has 8 aromatic carbocycles. The Labute approximate surface area is 329 Å². The SMILES string of the molecule is c1ccc(-c2ccc3oc4c(-c5ccc6c(c5)oc5ccccc56)nc(-c5cccc6oc7ccc(-c8ccc9oc%10ccccc%10c9c8)cc7c56)nc4c3c2)cc1. The van der Waals surface area contributed by atoms with Gasteiger partial charge in [0.05, 0.1) is 0 Å². The molecule has 0 saturated carbocycles. The molecule has 13 aromatic rings. The standard InChI is InChI=1S/C52H28N2O4/c1-2-9-29(10-3-1)30-18-24-45-40(27-30)50-51(58-45)49(33-17-21-36-34-11-4-6-14-41(34)57-47(36)28-33)53-52(54-50)37-13-8-16-46-48(37)39-26-32(20-23-44(39)56-46)31-19-22-43-38(25-31)35-12-5-7-15-42(35)55-43/h1-28H. The van der Waals surface area contributed by atoms with E-state index in [0.29, 0.717) is 17.1 Å². The number of fused-ring (bicyclic) bond motifs is 12. The number of benzene rings is 8. The third kappa shape index (κ3) is 4.60. The highest BCUT2D eigenvalue weighted by Crippen LogP contribution is 2.43. The molecule has 270 valence electrons. The Balaban J connectivity index is 1.05. The molecule has 0 fully saturated rings. The largest absolute Gasteiger partial charge is 0.456 e. The highest BCUT2D eigenvalue weighted by molar-refractivity contribution is 6.15. The maximum atomic E-state index is 6.67. The molecule has 5 aromatic heterocycles. The summed E-state index contributed by atoms with van der Waals surface area (Å²) in [6.45, 7) is 0. The van der Waals surface area contributed by atoms with Crippen molar-refractivity contribution in [3.8, 4) is 44.9 Å². The average molecular weight is 745 g/mol. The van der Waals surface area contributed by atoms with Crippen LogP contribution < -0.4 is 0 Å². The fraction of sp³-hybridized carbons (Fsp3) is 0. The number of hydrogen-bond acceptors (Lipinski definition) is 6. The Bertz CT molecular complexity index is 3810. The monoisotopic (exact) mass is 744 g/mol. The van der Waals surface area contributed by atoms with E-state index < -0.39 is 0 Å². The van der Waals surface area contributed by atoms with Gasteiger partial charge < -0.3 is 17.7 Å². The summed E-state index contributed by atoms with van der Waals surface area (Å²) in [6, 6.07) is 58.1. The lowest BCUT2D eigenvalue weighted by Crippen LogP contribution is -1.94. The summed E-state index contributed by atoms with van der Waals surface area (Å²) in [5.74, 6) is 0.574. The zero-order chi connectivity index (χ0) is 37.9. The molecule has 0 aliphatic heterocycles. The molecular weight excluding hydrogens is 717 g/mol. The minimum Gasteiger partial charge on any atom is -0.456 e. The van der Waals surface area contributed by atoms with Crippen LogP contribution in [0, 0.1) is 0 Å². The van der Waals surface area contributed by atoms with Crippen molar-refractivity contribution >= 4 is 87.9 Å². The van der Waals surface area contributed by atoms with Crippen LogP contribution in [0.4, 0.5) is 0 Å². The number of furan rings is 4. The van der Waals surface area contributed by atoms with E-state index in [9.17, 15) is 0 Å². The smallest absolute Gasteiger partial charge is 0.180 e. The van der Waals surface area contributed by atoms with Crippen molar-refractivity contribution in [2.24, 2.45) is 0 Å². The number of para-hydroxylation sites is 2. The normalized spacial score (nSPS) is 12.1. The van der Waals surface area contributed by atoms with Gasteiger partial charge in [-0.2, -0.15) is 0 Å². The second-order valence-corrected chi connectivity index (χ2v) is 14.9. The molecule has 0 aliphatic carbocycles. The molecule has 0 spiro atoms. The average Bonchev–Trinajstić information content (AvgIpc) is 4.05. The van der Waals surface area contributed by atoms with E-state index in [1.165, 1.54) is 0 Å². The minimum atomic E-state index is 0.574. The van der Waals surface area contributed by atoms with Gasteiger partial charge in [0.15, 0.2) is 11.4 Å². The molecule has 0 N–H and O–H groups in total. The number of aromatic nitrogens is 2. The lowest BCUT2D eigenvalue weighted by molar-refractivity contribution is 0.666. The second kappa shape index (κ2) is 11.8. The molecular formula is C52H28N2O4. The zero-order valence-electron chi connectivity index (χ0n) is 30.7. The fourth-order valence-corrected chi connectivity index (χ4v) is 8.74. The molecule has 13 rings (SSSR count). The second-order valence-electron chi connectivity index (χ2n) is 14.9. The Morgan fingerprint density at radius 1 is 0.310 bits per heavy atom. The number of nitrogens with zero attached hydrogens (tertiary/aromatic N) is 2. The van der Waals surface area contributed by atoms with E-state index >= 15 is 0 Å². The van der Waals surface area contributed by atoms with Gasteiger partial charge in [-0.15, -0.1) is 0 Å². The fourth-order valence-electron chi connectivity index (χ4n) is 8.74. The topological polar surface area (TPSA) is 78.3 Å². The molecule has 0 atom stereocenters. The van der Waals surface area contributed by atoms with E-state index in [-0.39, 0.29) is 0 Å². The predicted molar refractivity (Wildman–Crippen MR) is 233 cm³/mol. The first kappa shape index (κ1) is 31.3. The van der Waals surface area contributed by atoms with Gasteiger partial charge in [-0.1, -0.05) is 103 Å². The minimum absolute atomic E-state index is 0.574. The van der Waals surface area contributed by atoms with E-state index in [0.717, 1.165) is 116 Å². The van der Waals surface area contributed by atoms with E-state index in [2.05, 4.69) is 109 Å². The van der Waals surface area contributed by atoms with Crippen molar-refractivity contribution in [3.05, 3.63) is 170 Å². The van der Waals surface area contributed by atoms with Crippen molar-refractivity contribution in [1.29, 1.82) is 0 Å². The van der Waals surface area contributed by atoms with Crippen LogP contribution in [0.3, 0.4) is 0 Å². The van der Waals surface area contributed by atoms with Gasteiger partial charge >= 0.3 is 0 Å². The first-order chi connectivity index (χ1) is 28.7. The van der Waals surface area contributed by atoms with Crippen LogP contribution in [-0.4, -0.2) is 9.97 Å². The van der Waals surface area contributed by atoms with Crippen LogP contribution in [0.5, 0.6) is 0 Å². The summed E-state index contributed by atoms with van der Waals surface area (Å²) in [5.41, 5.74) is 13.8. The molecule has 0 unspecified atom stereocenters. The Morgan fingerprint density at radius 2 is 0.862 bits per heavy atom. The van der Waals surface area contributed by atoms with Crippen LogP contribution >= 0.6 is 0 Å². The van der Waals surface area contributed by atoms with Crippen molar-refractivity contribution in [2.45, 2.75) is 0 Å². The van der Waals surface area contributed by atoms with Gasteiger partial charge in [-0.3, -0.25) is 0 Å². The number of rotatable bonds is 4. The molecule has 58 heavy (non-hydrogen) atoms. The summed E-state index contributed by atoms with van der Waals surface area (Å²) in [4.78, 5) is 10.7. The van der Waals surface area contributed by atoms with E-state index in [1.54, 1.807) is 0 Å². The highest BCUT2D eigenvalue weighted by Gasteiger charge is 2.23. The molecule has 0 bridgehead atoms. The van der Waals surface area contributed by atoms with Crippen LogP contribution in [-0.2, 0) is 0 Å². The van der Waals surface area contributed by atoms with Crippen molar-refractivity contribution < 1.29 is 17.7 Å². The first-order valence-electron chi connectivity index (χ1n) is 19.3. The highest BCUT2D eigenvalue weighted by atomic mass is 16.3. The summed E-state index contributed by atoms with van der Waals surface area (Å²) < 4.78 is 25.7. The molecule has 0 radical (unpaired) electrons. The molecule has 6 nitrogen and oxygen atoms in total. The van der Waals surface area contributed by atoms with Gasteiger partial charge in [0.25, 0.3) is 0 Å². The van der Waals surface area contributed by atoms with Gasteiger partial charge in [-0.25, -0.2) is 9.97 Å². The molecule has 5 heterocycles. The Morgan fingerprint density at radius 3 is 1.66 bits per heavy atom. The Kier molecular flexibility index (Phi) is 6.35. The van der Waals surface area contributed by atoms with Crippen LogP contribution in [0.25, 0.3) is 133 Å². The summed E-state index contributed by atoms with van der Waals surface area (Å²) in [6.07, 6.45) is 0. The van der Waals surface area contributed by atoms with E-state index in [4.69, 9.17) is 27.6 Å². The third-order valence-corrected chi connectivity index (χ3v) is 11.5. The predicted octanol–water partition coefficient (Wildman–Crippen LogP) is 14.7. The maximum absolute atomic E-state index is 6.67.